The zero-order valence-corrected chi connectivity index (χ0v) is 20.7. The molecule has 198 valence electrons. The van der Waals surface area contributed by atoms with E-state index in [2.05, 4.69) is 30.8 Å². The fourth-order valence-corrected chi connectivity index (χ4v) is 4.14. The van der Waals surface area contributed by atoms with Crippen LogP contribution >= 0.6 is 0 Å². The number of anilines is 2. The van der Waals surface area contributed by atoms with Crippen molar-refractivity contribution < 1.29 is 24.2 Å². The Hall–Kier alpha value is -4.67. The van der Waals surface area contributed by atoms with Gasteiger partial charge in [-0.05, 0) is 42.7 Å². The molecule has 0 aliphatic carbocycles. The van der Waals surface area contributed by atoms with Gasteiger partial charge in [0.15, 0.2) is 0 Å². The molecule has 1 aromatic heterocycles. The number of nitrogens with zero attached hydrogens (tertiary/aromatic N) is 3. The molecule has 1 aliphatic rings. The van der Waals surface area contributed by atoms with E-state index in [0.717, 1.165) is 37.2 Å². The van der Waals surface area contributed by atoms with E-state index in [-0.39, 0.29) is 12.6 Å². The van der Waals surface area contributed by atoms with E-state index < -0.39 is 30.6 Å². The van der Waals surface area contributed by atoms with Gasteiger partial charge >= 0.3 is 12.1 Å². The average molecular weight is 519 g/mol. The van der Waals surface area contributed by atoms with E-state index in [1.165, 1.54) is 0 Å². The van der Waals surface area contributed by atoms with Crippen LogP contribution in [0.15, 0.2) is 73.1 Å². The fraction of sp³-hybridized carbons (Fsp3) is 0.296. The van der Waals surface area contributed by atoms with Gasteiger partial charge in [0, 0.05) is 42.8 Å². The number of aromatic nitrogens is 2. The molecule has 0 saturated carbocycles. The lowest BCUT2D eigenvalue weighted by Crippen LogP contribution is -2.49. The number of hydrogen-bond acceptors (Lipinski definition) is 8. The number of piperidine rings is 1. The zero-order valence-electron chi connectivity index (χ0n) is 20.7. The summed E-state index contributed by atoms with van der Waals surface area (Å²) >= 11 is 0. The van der Waals surface area contributed by atoms with Crippen LogP contribution in [0, 0.1) is 0 Å². The molecule has 4 N–H and O–H groups in total. The molecule has 1 fully saturated rings. The number of carbonyl (C=O) groups excluding carboxylic acids is 2. The lowest BCUT2D eigenvalue weighted by atomic mass is 10.0. The van der Waals surface area contributed by atoms with Crippen LogP contribution in [0.1, 0.15) is 35.2 Å². The maximum atomic E-state index is 12.9. The van der Waals surface area contributed by atoms with Crippen LogP contribution < -0.4 is 20.9 Å². The predicted molar refractivity (Wildman–Crippen MR) is 141 cm³/mol. The SMILES string of the molecule is O=C(O)CC(NC(=O)OCc1ccccc1)NC(=O)c1cccc(N2CCC(Nc3ncccn3)CC2)c1. The van der Waals surface area contributed by atoms with Crippen molar-refractivity contribution in [3.05, 3.63) is 84.2 Å². The molecule has 2 aromatic carbocycles. The number of nitrogens with one attached hydrogen (secondary N) is 3. The molecule has 38 heavy (non-hydrogen) atoms. The maximum Gasteiger partial charge on any atom is 0.409 e. The summed E-state index contributed by atoms with van der Waals surface area (Å²) in [4.78, 5) is 47.1. The van der Waals surface area contributed by atoms with Gasteiger partial charge < -0.3 is 30.7 Å². The van der Waals surface area contributed by atoms with Gasteiger partial charge in [0.2, 0.25) is 5.95 Å². The number of hydrogen-bond donors (Lipinski definition) is 4. The topological polar surface area (TPSA) is 146 Å². The lowest BCUT2D eigenvalue weighted by Gasteiger charge is -2.34. The second-order valence-corrected chi connectivity index (χ2v) is 8.86. The smallest absolute Gasteiger partial charge is 0.409 e. The van der Waals surface area contributed by atoms with Crippen LogP contribution in [-0.4, -0.2) is 58.3 Å². The van der Waals surface area contributed by atoms with Gasteiger partial charge in [-0.3, -0.25) is 9.59 Å². The Balaban J connectivity index is 1.31. The summed E-state index contributed by atoms with van der Waals surface area (Å²) in [6.45, 7) is 1.59. The maximum absolute atomic E-state index is 12.9. The Kier molecular flexibility index (Phi) is 9.06. The van der Waals surface area contributed by atoms with E-state index in [1.54, 1.807) is 48.8 Å². The van der Waals surface area contributed by atoms with Gasteiger partial charge in [-0.15, -0.1) is 0 Å². The van der Waals surface area contributed by atoms with Crippen LogP contribution in [0.4, 0.5) is 16.4 Å². The first-order valence-corrected chi connectivity index (χ1v) is 12.3. The lowest BCUT2D eigenvalue weighted by molar-refractivity contribution is -0.137. The molecule has 1 saturated heterocycles. The third-order valence-electron chi connectivity index (χ3n) is 6.06. The van der Waals surface area contributed by atoms with Crippen LogP contribution in [-0.2, 0) is 16.1 Å². The number of carboxylic acid groups (broad SMARTS) is 1. The van der Waals surface area contributed by atoms with Crippen molar-refractivity contribution in [1.29, 1.82) is 0 Å². The molecule has 0 radical (unpaired) electrons. The van der Waals surface area contributed by atoms with Crippen LogP contribution in [0.5, 0.6) is 0 Å². The molecule has 1 aliphatic heterocycles. The van der Waals surface area contributed by atoms with Gasteiger partial charge in [-0.2, -0.15) is 0 Å². The fourth-order valence-electron chi connectivity index (χ4n) is 4.14. The van der Waals surface area contributed by atoms with Gasteiger partial charge in [0.25, 0.3) is 5.91 Å². The number of alkyl carbamates (subject to hydrolysis) is 1. The van der Waals surface area contributed by atoms with E-state index in [1.807, 2.05) is 24.3 Å². The summed E-state index contributed by atoms with van der Waals surface area (Å²) in [6.07, 6.45) is 2.68. The standard InChI is InChI=1S/C27H30N6O5/c34-24(35)17-23(32-27(37)38-18-19-6-2-1-3-7-19)31-25(36)20-8-4-9-22(16-20)33-14-10-21(11-15-33)30-26-28-12-5-13-29-26/h1-9,12-13,16,21,23H,10-11,14-15,17-18H2,(H,31,36)(H,32,37)(H,34,35)(H,28,29,30). The third kappa shape index (κ3) is 7.92. The second-order valence-electron chi connectivity index (χ2n) is 8.86. The van der Waals surface area contributed by atoms with E-state index in [0.29, 0.717) is 11.5 Å². The molecule has 2 heterocycles. The highest BCUT2D eigenvalue weighted by atomic mass is 16.5. The molecule has 1 unspecified atom stereocenters. The Morgan fingerprint density at radius 1 is 0.974 bits per heavy atom. The van der Waals surface area contributed by atoms with Crippen molar-refractivity contribution in [2.45, 2.75) is 38.1 Å². The number of benzene rings is 2. The minimum Gasteiger partial charge on any atom is -0.481 e. The molecule has 0 spiro atoms. The molecule has 1 atom stereocenters. The predicted octanol–water partition coefficient (Wildman–Crippen LogP) is 3.01. The summed E-state index contributed by atoms with van der Waals surface area (Å²) < 4.78 is 5.16. The molecule has 2 amide bonds. The highest BCUT2D eigenvalue weighted by Gasteiger charge is 2.23. The van der Waals surface area contributed by atoms with Crippen LogP contribution in [0.3, 0.4) is 0 Å². The number of ether oxygens (including phenoxy) is 1. The van der Waals surface area contributed by atoms with Crippen molar-refractivity contribution in [3.63, 3.8) is 0 Å². The molecular weight excluding hydrogens is 488 g/mol. The quantitative estimate of drug-likeness (QED) is 0.298. The summed E-state index contributed by atoms with van der Waals surface area (Å²) in [6, 6.07) is 18.2. The third-order valence-corrected chi connectivity index (χ3v) is 6.06. The van der Waals surface area contributed by atoms with Crippen molar-refractivity contribution in [2.24, 2.45) is 0 Å². The number of carboxylic acids is 1. The molecule has 0 bridgehead atoms. The highest BCUT2D eigenvalue weighted by molar-refractivity contribution is 5.95. The van der Waals surface area contributed by atoms with Gasteiger partial charge in [0.05, 0.1) is 6.42 Å². The van der Waals surface area contributed by atoms with Crippen molar-refractivity contribution >= 4 is 29.6 Å². The summed E-state index contributed by atoms with van der Waals surface area (Å²) in [5.74, 6) is -1.07. The number of aliphatic carboxylic acids is 1. The number of carbonyl (C=O) groups is 3. The molecule has 11 heteroatoms. The Bertz CT molecular complexity index is 1220. The summed E-state index contributed by atoms with van der Waals surface area (Å²) in [5, 5.41) is 17.6. The average Bonchev–Trinajstić information content (AvgIpc) is 2.93. The van der Waals surface area contributed by atoms with E-state index in [9.17, 15) is 19.5 Å². The number of rotatable bonds is 10. The summed E-state index contributed by atoms with van der Waals surface area (Å²) in [7, 11) is 0. The van der Waals surface area contributed by atoms with E-state index >= 15 is 0 Å². The molecule has 3 aromatic rings. The minimum absolute atomic E-state index is 0.0209. The first-order chi connectivity index (χ1) is 18.5. The van der Waals surface area contributed by atoms with Crippen LogP contribution in [0.25, 0.3) is 0 Å². The van der Waals surface area contributed by atoms with E-state index in [4.69, 9.17) is 4.74 Å². The molecule has 4 rings (SSSR count). The Morgan fingerprint density at radius 2 is 1.71 bits per heavy atom. The molecular formula is C27H30N6O5. The second kappa shape index (κ2) is 13.0. The Labute approximate surface area is 220 Å². The highest BCUT2D eigenvalue weighted by Crippen LogP contribution is 2.22. The number of amides is 2. The van der Waals surface area contributed by atoms with Crippen molar-refractivity contribution in [2.75, 3.05) is 23.3 Å². The monoisotopic (exact) mass is 518 g/mol. The van der Waals surface area contributed by atoms with Crippen LogP contribution in [0.2, 0.25) is 0 Å². The summed E-state index contributed by atoms with van der Waals surface area (Å²) in [5.41, 5.74) is 2.03. The van der Waals surface area contributed by atoms with Crippen molar-refractivity contribution in [1.82, 2.24) is 20.6 Å². The first-order valence-electron chi connectivity index (χ1n) is 12.3. The van der Waals surface area contributed by atoms with Gasteiger partial charge in [-0.25, -0.2) is 14.8 Å². The molecule has 11 nitrogen and oxygen atoms in total. The largest absolute Gasteiger partial charge is 0.481 e. The van der Waals surface area contributed by atoms with Gasteiger partial charge in [0.1, 0.15) is 12.8 Å². The zero-order chi connectivity index (χ0) is 26.7. The van der Waals surface area contributed by atoms with Crippen molar-refractivity contribution in [3.8, 4) is 0 Å². The Morgan fingerprint density at radius 3 is 2.42 bits per heavy atom. The van der Waals surface area contributed by atoms with Gasteiger partial charge in [-0.1, -0.05) is 36.4 Å². The minimum atomic E-state index is -1.18. The normalized spacial score (nSPS) is 14.3. The first kappa shape index (κ1) is 26.4.